The third kappa shape index (κ3) is 5.03. The van der Waals surface area contributed by atoms with Gasteiger partial charge in [0.1, 0.15) is 5.75 Å². The highest BCUT2D eigenvalue weighted by Crippen LogP contribution is 2.18. The van der Waals surface area contributed by atoms with E-state index >= 15 is 0 Å². The first-order chi connectivity index (χ1) is 7.09. The molecule has 0 N–H and O–H groups in total. The summed E-state index contributed by atoms with van der Waals surface area (Å²) >= 11 is 6.97. The molecule has 0 spiro atoms. The van der Waals surface area contributed by atoms with E-state index in [2.05, 4.69) is 45.7 Å². The summed E-state index contributed by atoms with van der Waals surface area (Å²) in [6, 6.07) is 7.94. The molecule has 1 nitrogen and oxygen atoms in total. The van der Waals surface area contributed by atoms with Gasteiger partial charge in [0.15, 0.2) is 0 Å². The molecule has 1 aromatic carbocycles. The SMILES string of the molecule is CC(Br)C(C)CCOc1ccc(Br)cc1. The predicted octanol–water partition coefficient (Wildman–Crippen LogP) is 4.64. The maximum Gasteiger partial charge on any atom is 0.119 e. The number of benzene rings is 1. The second kappa shape index (κ2) is 6.54. The van der Waals surface area contributed by atoms with Crippen molar-refractivity contribution >= 4 is 31.9 Å². The molecule has 3 heteroatoms. The number of hydrogen-bond donors (Lipinski definition) is 0. The summed E-state index contributed by atoms with van der Waals surface area (Å²) in [6.07, 6.45) is 1.07. The molecule has 0 aromatic heterocycles. The van der Waals surface area contributed by atoms with E-state index in [4.69, 9.17) is 4.74 Å². The summed E-state index contributed by atoms with van der Waals surface area (Å²) < 4.78 is 6.72. The Morgan fingerprint density at radius 1 is 1.20 bits per heavy atom. The van der Waals surface area contributed by atoms with Crippen molar-refractivity contribution < 1.29 is 4.74 Å². The quantitative estimate of drug-likeness (QED) is 0.712. The van der Waals surface area contributed by atoms with Crippen molar-refractivity contribution in [2.45, 2.75) is 25.1 Å². The van der Waals surface area contributed by atoms with E-state index in [1.807, 2.05) is 24.3 Å². The van der Waals surface area contributed by atoms with E-state index in [1.54, 1.807) is 0 Å². The Bertz CT molecular complexity index is 282. The molecule has 2 unspecified atom stereocenters. The van der Waals surface area contributed by atoms with E-state index < -0.39 is 0 Å². The van der Waals surface area contributed by atoms with Crippen molar-refractivity contribution in [2.75, 3.05) is 6.61 Å². The second-order valence-electron chi connectivity index (χ2n) is 3.75. The molecule has 84 valence electrons. The van der Waals surface area contributed by atoms with E-state index in [0.717, 1.165) is 23.2 Å². The number of alkyl halides is 1. The minimum atomic E-state index is 0.547. The minimum absolute atomic E-state index is 0.547. The molecule has 0 fully saturated rings. The fraction of sp³-hybridized carbons (Fsp3) is 0.500. The molecule has 0 radical (unpaired) electrons. The molecule has 0 aliphatic heterocycles. The van der Waals surface area contributed by atoms with E-state index in [0.29, 0.717) is 10.7 Å². The molecule has 0 saturated heterocycles. The molecule has 0 heterocycles. The van der Waals surface area contributed by atoms with Gasteiger partial charge in [-0.2, -0.15) is 0 Å². The van der Waals surface area contributed by atoms with Crippen LogP contribution in [0.4, 0.5) is 0 Å². The average molecular weight is 336 g/mol. The van der Waals surface area contributed by atoms with Crippen LogP contribution in [0.15, 0.2) is 28.7 Å². The summed E-state index contributed by atoms with van der Waals surface area (Å²) in [5.41, 5.74) is 0. The summed E-state index contributed by atoms with van der Waals surface area (Å²) in [5.74, 6) is 1.58. The van der Waals surface area contributed by atoms with Crippen molar-refractivity contribution in [1.29, 1.82) is 0 Å². The van der Waals surface area contributed by atoms with Gasteiger partial charge in [-0.3, -0.25) is 0 Å². The third-order valence-corrected chi connectivity index (χ3v) is 3.87. The van der Waals surface area contributed by atoms with Crippen LogP contribution in [0.5, 0.6) is 5.75 Å². The Labute approximate surface area is 108 Å². The lowest BCUT2D eigenvalue weighted by molar-refractivity contribution is 0.284. The summed E-state index contributed by atoms with van der Waals surface area (Å²) in [5, 5.41) is 0. The zero-order valence-electron chi connectivity index (χ0n) is 9.04. The highest BCUT2D eigenvalue weighted by atomic mass is 79.9. The van der Waals surface area contributed by atoms with Crippen molar-refractivity contribution in [2.24, 2.45) is 5.92 Å². The molecule has 1 aromatic rings. The smallest absolute Gasteiger partial charge is 0.119 e. The van der Waals surface area contributed by atoms with Crippen molar-refractivity contribution in [3.8, 4) is 5.75 Å². The molecular weight excluding hydrogens is 320 g/mol. The monoisotopic (exact) mass is 334 g/mol. The molecule has 0 aliphatic carbocycles. The summed E-state index contributed by atoms with van der Waals surface area (Å²) in [7, 11) is 0. The molecule has 0 bridgehead atoms. The zero-order chi connectivity index (χ0) is 11.3. The summed E-state index contributed by atoms with van der Waals surface area (Å²) in [4.78, 5) is 0.547. The topological polar surface area (TPSA) is 9.23 Å². The molecule has 0 amide bonds. The van der Waals surface area contributed by atoms with Gasteiger partial charge in [-0.1, -0.05) is 45.7 Å². The second-order valence-corrected chi connectivity index (χ2v) is 6.11. The van der Waals surface area contributed by atoms with Gasteiger partial charge < -0.3 is 4.74 Å². The van der Waals surface area contributed by atoms with Crippen LogP contribution in [0.25, 0.3) is 0 Å². The Morgan fingerprint density at radius 2 is 1.80 bits per heavy atom. The van der Waals surface area contributed by atoms with Crippen molar-refractivity contribution in [1.82, 2.24) is 0 Å². The highest BCUT2D eigenvalue weighted by molar-refractivity contribution is 9.10. The van der Waals surface area contributed by atoms with Gasteiger partial charge >= 0.3 is 0 Å². The Kier molecular flexibility index (Phi) is 5.69. The Hall–Kier alpha value is -0.0200. The molecule has 0 aliphatic rings. The maximum absolute atomic E-state index is 5.64. The Morgan fingerprint density at radius 3 is 2.33 bits per heavy atom. The first-order valence-electron chi connectivity index (χ1n) is 5.12. The van der Waals surface area contributed by atoms with Crippen LogP contribution in [-0.4, -0.2) is 11.4 Å². The first-order valence-corrected chi connectivity index (χ1v) is 6.83. The van der Waals surface area contributed by atoms with Crippen LogP contribution < -0.4 is 4.74 Å². The third-order valence-electron chi connectivity index (χ3n) is 2.44. The fourth-order valence-corrected chi connectivity index (χ4v) is 1.65. The maximum atomic E-state index is 5.64. The van der Waals surface area contributed by atoms with Gasteiger partial charge in [0.05, 0.1) is 6.61 Å². The van der Waals surface area contributed by atoms with E-state index in [9.17, 15) is 0 Å². The predicted molar refractivity (Wildman–Crippen MR) is 71.8 cm³/mol. The lowest BCUT2D eigenvalue weighted by Gasteiger charge is -2.14. The average Bonchev–Trinajstić information content (AvgIpc) is 2.20. The Balaban J connectivity index is 2.29. The fourth-order valence-electron chi connectivity index (χ4n) is 1.12. The first kappa shape index (κ1) is 13.0. The molecular formula is C12H16Br2O. The summed E-state index contributed by atoms with van der Waals surface area (Å²) in [6.45, 7) is 5.17. The van der Waals surface area contributed by atoms with Gasteiger partial charge in [-0.15, -0.1) is 0 Å². The molecule has 15 heavy (non-hydrogen) atoms. The van der Waals surface area contributed by atoms with Crippen LogP contribution in [0.3, 0.4) is 0 Å². The largest absolute Gasteiger partial charge is 0.494 e. The van der Waals surface area contributed by atoms with Crippen molar-refractivity contribution in [3.63, 3.8) is 0 Å². The number of hydrogen-bond acceptors (Lipinski definition) is 1. The van der Waals surface area contributed by atoms with Gasteiger partial charge in [0.2, 0.25) is 0 Å². The lowest BCUT2D eigenvalue weighted by atomic mass is 10.1. The standard InChI is InChI=1S/C12H16Br2O/c1-9(10(2)13)7-8-15-12-5-3-11(14)4-6-12/h3-6,9-10H,7-8H2,1-2H3. The molecule has 1 rings (SSSR count). The van der Waals surface area contributed by atoms with Gasteiger partial charge in [-0.25, -0.2) is 0 Å². The van der Waals surface area contributed by atoms with Crippen LogP contribution in [0.2, 0.25) is 0 Å². The van der Waals surface area contributed by atoms with Crippen LogP contribution in [0.1, 0.15) is 20.3 Å². The molecule has 2 atom stereocenters. The van der Waals surface area contributed by atoms with Gasteiger partial charge in [-0.05, 0) is 36.6 Å². The van der Waals surface area contributed by atoms with Crippen molar-refractivity contribution in [3.05, 3.63) is 28.7 Å². The van der Waals surface area contributed by atoms with E-state index in [-0.39, 0.29) is 0 Å². The number of halogens is 2. The number of ether oxygens (including phenoxy) is 1. The van der Waals surface area contributed by atoms with Crippen LogP contribution in [-0.2, 0) is 0 Å². The van der Waals surface area contributed by atoms with E-state index in [1.165, 1.54) is 0 Å². The molecule has 0 saturated carbocycles. The zero-order valence-corrected chi connectivity index (χ0v) is 12.2. The lowest BCUT2D eigenvalue weighted by Crippen LogP contribution is -2.11. The normalized spacial score (nSPS) is 14.7. The highest BCUT2D eigenvalue weighted by Gasteiger charge is 2.08. The number of rotatable bonds is 5. The van der Waals surface area contributed by atoms with Gasteiger partial charge in [0, 0.05) is 9.30 Å². The van der Waals surface area contributed by atoms with Gasteiger partial charge in [0.25, 0.3) is 0 Å². The van der Waals surface area contributed by atoms with Crippen LogP contribution >= 0.6 is 31.9 Å². The van der Waals surface area contributed by atoms with Crippen LogP contribution in [0, 0.1) is 5.92 Å². The minimum Gasteiger partial charge on any atom is -0.494 e.